The number of carbonyl (C=O) groups excluding carboxylic acids is 1. The van der Waals surface area contributed by atoms with E-state index in [2.05, 4.69) is 31.6 Å². The molecule has 0 radical (unpaired) electrons. The second-order valence-electron chi connectivity index (χ2n) is 7.92. The highest BCUT2D eigenvalue weighted by molar-refractivity contribution is 7.98. The molecule has 1 aromatic carbocycles. The van der Waals surface area contributed by atoms with E-state index in [-0.39, 0.29) is 23.2 Å². The van der Waals surface area contributed by atoms with Gasteiger partial charge in [0.15, 0.2) is 5.82 Å². The van der Waals surface area contributed by atoms with Crippen molar-refractivity contribution >= 4 is 35.1 Å². The molecule has 0 aliphatic carbocycles. The molecular weight excluding hydrogens is 485 g/mol. The van der Waals surface area contributed by atoms with Crippen LogP contribution in [-0.4, -0.2) is 80.1 Å². The molecule has 0 aliphatic rings. The summed E-state index contributed by atoms with van der Waals surface area (Å²) in [6, 6.07) is 7.97. The number of amides is 1. The average Bonchev–Trinajstić information content (AvgIpc) is 2.88. The molecule has 1 atom stereocenters. The quantitative estimate of drug-likeness (QED) is 0.224. The van der Waals surface area contributed by atoms with Crippen LogP contribution in [-0.2, 0) is 20.9 Å². The first-order valence-corrected chi connectivity index (χ1v) is 12.7. The maximum Gasteiger partial charge on any atom is 0.246 e. The molecule has 0 fully saturated rings. The first-order chi connectivity index (χ1) is 17.4. The van der Waals surface area contributed by atoms with Crippen molar-refractivity contribution in [1.82, 2.24) is 14.9 Å². The van der Waals surface area contributed by atoms with Gasteiger partial charge in [-0.2, -0.15) is 10.2 Å². The number of hydrogen-bond acceptors (Lipinski definition) is 10. The summed E-state index contributed by atoms with van der Waals surface area (Å²) in [5, 5.41) is 16.1. The van der Waals surface area contributed by atoms with E-state index in [0.717, 1.165) is 13.1 Å². The predicted octanol–water partition coefficient (Wildman–Crippen LogP) is 2.92. The number of alkyl halides is 1. The van der Waals surface area contributed by atoms with Gasteiger partial charge in [0.25, 0.3) is 0 Å². The molecule has 10 nitrogen and oxygen atoms in total. The Labute approximate surface area is 215 Å². The van der Waals surface area contributed by atoms with E-state index in [1.807, 2.05) is 0 Å². The molecule has 0 spiro atoms. The van der Waals surface area contributed by atoms with Crippen LogP contribution in [0.5, 0.6) is 0 Å². The van der Waals surface area contributed by atoms with Crippen molar-refractivity contribution < 1.29 is 18.7 Å². The van der Waals surface area contributed by atoms with E-state index in [4.69, 9.17) is 15.2 Å². The van der Waals surface area contributed by atoms with Crippen LogP contribution in [0, 0.1) is 11.3 Å². The summed E-state index contributed by atoms with van der Waals surface area (Å²) >= 11 is 1.27. The van der Waals surface area contributed by atoms with Gasteiger partial charge >= 0.3 is 0 Å². The third-order valence-electron chi connectivity index (χ3n) is 5.36. The molecule has 0 bridgehead atoms. The van der Waals surface area contributed by atoms with Crippen molar-refractivity contribution in [2.45, 2.75) is 30.6 Å². The number of ether oxygens (including phenoxy) is 2. The van der Waals surface area contributed by atoms with Crippen molar-refractivity contribution in [2.24, 2.45) is 0 Å². The predicted molar refractivity (Wildman–Crippen MR) is 140 cm³/mol. The Morgan fingerprint density at radius 2 is 1.97 bits per heavy atom. The smallest absolute Gasteiger partial charge is 0.246 e. The largest absolute Gasteiger partial charge is 0.383 e. The Morgan fingerprint density at radius 3 is 2.58 bits per heavy atom. The highest BCUT2D eigenvalue weighted by Gasteiger charge is 2.23. The number of nitrogen functional groups attached to an aromatic ring is 1. The van der Waals surface area contributed by atoms with E-state index in [1.54, 1.807) is 44.7 Å². The van der Waals surface area contributed by atoms with Crippen LogP contribution in [0.25, 0.3) is 0 Å². The number of carbonyl (C=O) groups is 1. The van der Waals surface area contributed by atoms with Crippen molar-refractivity contribution in [3.05, 3.63) is 35.4 Å². The fourth-order valence-electron chi connectivity index (χ4n) is 3.50. The summed E-state index contributed by atoms with van der Waals surface area (Å²) in [6.45, 7) is 2.71. The summed E-state index contributed by atoms with van der Waals surface area (Å²) in [6.07, 6.45) is 2.89. The fourth-order valence-corrected chi connectivity index (χ4v) is 4.03. The molecule has 2 aromatic rings. The van der Waals surface area contributed by atoms with Crippen LogP contribution in [0.3, 0.4) is 0 Å². The summed E-state index contributed by atoms with van der Waals surface area (Å²) in [5.41, 5.74) is 7.01. The maximum absolute atomic E-state index is 13.3. The third-order valence-corrected chi connectivity index (χ3v) is 6.05. The van der Waals surface area contributed by atoms with Gasteiger partial charge in [-0.25, -0.2) is 9.37 Å². The number of halogens is 1. The minimum atomic E-state index is -0.734. The normalized spacial score (nSPS) is 11.8. The number of methoxy groups -OCH3 is 2. The molecular formula is C24H34FN7O3S. The molecule has 4 N–H and O–H groups in total. The van der Waals surface area contributed by atoms with Crippen LogP contribution in [0.2, 0.25) is 0 Å². The maximum atomic E-state index is 13.3. The minimum absolute atomic E-state index is 0.000890. The van der Waals surface area contributed by atoms with Crippen LogP contribution in [0.15, 0.2) is 29.3 Å². The van der Waals surface area contributed by atoms with Crippen molar-refractivity contribution in [3.8, 4) is 6.07 Å². The molecule has 36 heavy (non-hydrogen) atoms. The second kappa shape index (κ2) is 15.9. The Morgan fingerprint density at radius 1 is 1.25 bits per heavy atom. The lowest BCUT2D eigenvalue weighted by molar-refractivity contribution is -0.117. The number of nitrogens with one attached hydrogen (secondary N) is 2. The van der Waals surface area contributed by atoms with Gasteiger partial charge in [-0.1, -0.05) is 12.1 Å². The average molecular weight is 520 g/mol. The zero-order chi connectivity index (χ0) is 26.3. The molecule has 0 saturated carbocycles. The number of anilines is 3. The highest BCUT2D eigenvalue weighted by Crippen LogP contribution is 2.25. The van der Waals surface area contributed by atoms with Crippen LogP contribution in [0.1, 0.15) is 24.0 Å². The van der Waals surface area contributed by atoms with E-state index in [1.165, 1.54) is 11.8 Å². The van der Waals surface area contributed by atoms with E-state index >= 15 is 0 Å². The lowest BCUT2D eigenvalue weighted by Gasteiger charge is -2.24. The number of nitriles is 1. The molecule has 0 aliphatic heterocycles. The fraction of sp³-hybridized carbons (Fsp3) is 0.500. The Balaban J connectivity index is 2.23. The number of benzene rings is 1. The SMILES string of the molecule is COCCN(CCC[C@H](Nc1nc(N)nc(SC)c1C#N)C(=O)Nc1cccc(CF)c1)CCOC. The van der Waals surface area contributed by atoms with Crippen LogP contribution in [0.4, 0.5) is 21.8 Å². The Hall–Kier alpha value is -2.98. The summed E-state index contributed by atoms with van der Waals surface area (Å²) < 4.78 is 23.5. The lowest BCUT2D eigenvalue weighted by atomic mass is 10.1. The lowest BCUT2D eigenvalue weighted by Crippen LogP contribution is -2.37. The van der Waals surface area contributed by atoms with Gasteiger partial charge in [0.2, 0.25) is 11.9 Å². The molecule has 2 rings (SSSR count). The zero-order valence-electron chi connectivity index (χ0n) is 20.9. The standard InChI is InChI=1S/C24H34FN7O3S/c1-34-12-10-32(11-13-35-2)9-5-8-20(22(33)28-18-7-4-6-17(14-18)15-25)29-21-19(16-26)23(36-3)31-24(27)30-21/h4,6-7,14,20H,5,8-13,15H2,1-3H3,(H,28,33)(H3,27,29,30,31)/t20-/m0/s1. The number of rotatable bonds is 16. The molecule has 12 heteroatoms. The van der Waals surface area contributed by atoms with Crippen molar-refractivity contribution in [2.75, 3.05) is 69.7 Å². The zero-order valence-corrected chi connectivity index (χ0v) is 21.7. The number of aromatic nitrogens is 2. The highest BCUT2D eigenvalue weighted by atomic mass is 32.2. The van der Waals surface area contributed by atoms with Gasteiger partial charge in [-0.15, -0.1) is 11.8 Å². The van der Waals surface area contributed by atoms with Gasteiger partial charge in [0.05, 0.1) is 13.2 Å². The number of hydrogen-bond donors (Lipinski definition) is 3. The van der Waals surface area contributed by atoms with Crippen LogP contribution >= 0.6 is 11.8 Å². The number of nitrogens with two attached hydrogens (primary N) is 1. The first-order valence-electron chi connectivity index (χ1n) is 11.5. The summed E-state index contributed by atoms with van der Waals surface area (Å²) in [5.74, 6) is -0.137. The van der Waals surface area contributed by atoms with E-state index < -0.39 is 12.7 Å². The molecule has 196 valence electrons. The van der Waals surface area contributed by atoms with Gasteiger partial charge in [-0.3, -0.25) is 9.69 Å². The van der Waals surface area contributed by atoms with E-state index in [0.29, 0.717) is 48.9 Å². The number of thioether (sulfide) groups is 1. The topological polar surface area (TPSA) is 138 Å². The molecule has 1 aromatic heterocycles. The van der Waals surface area contributed by atoms with Gasteiger partial charge in [0.1, 0.15) is 29.4 Å². The van der Waals surface area contributed by atoms with Crippen molar-refractivity contribution in [3.63, 3.8) is 0 Å². The Bertz CT molecular complexity index is 1010. The molecule has 1 amide bonds. The second-order valence-corrected chi connectivity index (χ2v) is 8.71. The minimum Gasteiger partial charge on any atom is -0.383 e. The van der Waals surface area contributed by atoms with Crippen LogP contribution < -0.4 is 16.4 Å². The number of nitrogens with zero attached hydrogens (tertiary/aromatic N) is 4. The van der Waals surface area contributed by atoms with E-state index in [9.17, 15) is 14.4 Å². The monoisotopic (exact) mass is 519 g/mol. The molecule has 1 heterocycles. The third kappa shape index (κ3) is 9.23. The van der Waals surface area contributed by atoms with Crippen molar-refractivity contribution in [1.29, 1.82) is 5.26 Å². The van der Waals surface area contributed by atoms with Gasteiger partial charge in [0, 0.05) is 33.0 Å². The molecule has 0 saturated heterocycles. The summed E-state index contributed by atoms with van der Waals surface area (Å²) in [4.78, 5) is 23.8. The molecule has 0 unspecified atom stereocenters. The van der Waals surface area contributed by atoms with Gasteiger partial charge < -0.3 is 25.8 Å². The van der Waals surface area contributed by atoms with Gasteiger partial charge in [-0.05, 0) is 43.3 Å². The Kier molecular flexibility index (Phi) is 12.9. The first kappa shape index (κ1) is 29.3. The summed E-state index contributed by atoms with van der Waals surface area (Å²) in [7, 11) is 3.31.